The van der Waals surface area contributed by atoms with Crippen LogP contribution in [0.1, 0.15) is 28.3 Å². The number of H-pyrrole nitrogens is 1. The third-order valence-electron chi connectivity index (χ3n) is 5.09. The lowest BCUT2D eigenvalue weighted by Gasteiger charge is -2.26. The van der Waals surface area contributed by atoms with Gasteiger partial charge in [0.1, 0.15) is 18.2 Å². The fourth-order valence-corrected chi connectivity index (χ4v) is 4.11. The molecule has 31 heavy (non-hydrogen) atoms. The van der Waals surface area contributed by atoms with E-state index in [1.54, 1.807) is 31.4 Å². The fourth-order valence-electron chi connectivity index (χ4n) is 3.60. The molecule has 0 radical (unpaired) electrons. The Hall–Kier alpha value is -3.34. The van der Waals surface area contributed by atoms with Gasteiger partial charge in [0, 0.05) is 32.4 Å². The number of hydrogen-bond acceptors (Lipinski definition) is 6. The monoisotopic (exact) mass is 456 g/mol. The van der Waals surface area contributed by atoms with E-state index in [1.165, 1.54) is 0 Å². The van der Waals surface area contributed by atoms with E-state index in [0.717, 1.165) is 5.69 Å². The molecule has 1 aliphatic heterocycles. The molecule has 0 amide bonds. The Balaban J connectivity index is 1.85. The number of nitrogens with one attached hydrogen (secondary N) is 1. The molecule has 4 rings (SSSR count). The van der Waals surface area contributed by atoms with Crippen LogP contribution in [0.25, 0.3) is 0 Å². The smallest absolute Gasteiger partial charge is 0.244 e. The Morgan fingerprint density at radius 2 is 1.94 bits per heavy atom. The van der Waals surface area contributed by atoms with Gasteiger partial charge in [0.2, 0.25) is 11.8 Å². The lowest BCUT2D eigenvalue weighted by Crippen LogP contribution is -2.21. The number of aryl methyl sites for hydroxylation is 1. The highest BCUT2D eigenvalue weighted by Crippen LogP contribution is 2.48. The molecule has 9 heteroatoms. The molecule has 1 unspecified atom stereocenters. The van der Waals surface area contributed by atoms with Crippen LogP contribution >= 0.6 is 23.2 Å². The van der Waals surface area contributed by atoms with Crippen LogP contribution in [0, 0.1) is 18.3 Å². The highest BCUT2D eigenvalue weighted by atomic mass is 35.5. The van der Waals surface area contributed by atoms with Gasteiger partial charge in [-0.2, -0.15) is 5.26 Å². The number of rotatable bonds is 5. The van der Waals surface area contributed by atoms with E-state index in [2.05, 4.69) is 16.3 Å². The van der Waals surface area contributed by atoms with Crippen molar-refractivity contribution in [2.24, 2.45) is 5.73 Å². The average Bonchev–Trinajstić information content (AvgIpc) is 3.12. The molecule has 2 heterocycles. The van der Waals surface area contributed by atoms with Crippen LogP contribution in [0.5, 0.6) is 17.4 Å². The average molecular weight is 457 g/mol. The number of benzene rings is 2. The van der Waals surface area contributed by atoms with Gasteiger partial charge < -0.3 is 19.9 Å². The van der Waals surface area contributed by atoms with Crippen molar-refractivity contribution in [3.8, 4) is 23.4 Å². The second-order valence-corrected chi connectivity index (χ2v) is 7.67. The molecule has 3 aromatic rings. The summed E-state index contributed by atoms with van der Waals surface area (Å²) in [5.41, 5.74) is 9.08. The van der Waals surface area contributed by atoms with Gasteiger partial charge in [-0.1, -0.05) is 41.4 Å². The number of aromatic nitrogens is 2. The number of nitrogens with two attached hydrogens (primary N) is 1. The number of allylic oxidation sites excluding steroid dienone is 1. The molecule has 1 aliphatic rings. The SMILES string of the molecule is COc1cccc(C2C(C#N)=C(N)Oc3n[nH]c(C)c32)c1OCc1c(Cl)cccc1Cl. The summed E-state index contributed by atoms with van der Waals surface area (Å²) in [6, 6.07) is 12.9. The highest BCUT2D eigenvalue weighted by Gasteiger charge is 2.36. The summed E-state index contributed by atoms with van der Waals surface area (Å²) >= 11 is 12.6. The zero-order valence-electron chi connectivity index (χ0n) is 16.7. The zero-order valence-corrected chi connectivity index (χ0v) is 18.2. The summed E-state index contributed by atoms with van der Waals surface area (Å²) in [5, 5.41) is 17.9. The van der Waals surface area contributed by atoms with Crippen LogP contribution < -0.4 is 19.9 Å². The quantitative estimate of drug-likeness (QED) is 0.569. The molecular weight excluding hydrogens is 439 g/mol. The van der Waals surface area contributed by atoms with Crippen molar-refractivity contribution in [1.29, 1.82) is 5.26 Å². The number of nitriles is 1. The van der Waals surface area contributed by atoms with Crippen LogP contribution in [0.2, 0.25) is 10.0 Å². The molecule has 1 aromatic heterocycles. The van der Waals surface area contributed by atoms with Crippen molar-refractivity contribution in [3.63, 3.8) is 0 Å². The number of hydrogen-bond donors (Lipinski definition) is 2. The van der Waals surface area contributed by atoms with Gasteiger partial charge in [0.05, 0.1) is 13.0 Å². The lowest BCUT2D eigenvalue weighted by molar-refractivity contribution is 0.280. The Morgan fingerprint density at radius 3 is 2.61 bits per heavy atom. The van der Waals surface area contributed by atoms with Crippen molar-refractivity contribution in [1.82, 2.24) is 10.2 Å². The summed E-state index contributed by atoms with van der Waals surface area (Å²) in [6.07, 6.45) is 0. The summed E-state index contributed by atoms with van der Waals surface area (Å²) in [7, 11) is 1.54. The van der Waals surface area contributed by atoms with Crippen molar-refractivity contribution >= 4 is 23.2 Å². The van der Waals surface area contributed by atoms with E-state index in [0.29, 0.717) is 44.1 Å². The molecule has 3 N–H and O–H groups in total. The molecule has 1 atom stereocenters. The topological polar surface area (TPSA) is 106 Å². The summed E-state index contributed by atoms with van der Waals surface area (Å²) < 4.78 is 17.3. The molecule has 0 fully saturated rings. The first-order valence-corrected chi connectivity index (χ1v) is 10.1. The van der Waals surface area contributed by atoms with E-state index in [4.69, 9.17) is 43.1 Å². The lowest BCUT2D eigenvalue weighted by atomic mass is 9.83. The standard InChI is InChI=1S/C22H18Cl2N4O3/c1-11-18-19(13(9-25)21(26)31-22(18)28-27-11)12-5-3-8-17(29-2)20(12)30-10-14-15(23)6-4-7-16(14)24/h3-8,19H,10,26H2,1-2H3,(H,27,28). The van der Waals surface area contributed by atoms with Crippen LogP contribution in [0.15, 0.2) is 47.9 Å². The van der Waals surface area contributed by atoms with E-state index in [9.17, 15) is 5.26 Å². The summed E-state index contributed by atoms with van der Waals surface area (Å²) in [4.78, 5) is 0. The number of para-hydroxylation sites is 1. The molecule has 0 aliphatic carbocycles. The van der Waals surface area contributed by atoms with Gasteiger partial charge in [-0.3, -0.25) is 5.10 Å². The molecule has 2 aromatic carbocycles. The predicted molar refractivity (Wildman–Crippen MR) is 116 cm³/mol. The predicted octanol–water partition coefficient (Wildman–Crippen LogP) is 4.83. The number of halogens is 2. The van der Waals surface area contributed by atoms with E-state index < -0.39 is 5.92 Å². The van der Waals surface area contributed by atoms with Gasteiger partial charge >= 0.3 is 0 Å². The number of methoxy groups -OCH3 is 1. The summed E-state index contributed by atoms with van der Waals surface area (Å²) in [5.74, 6) is 0.696. The van der Waals surface area contributed by atoms with Crippen LogP contribution in [0.4, 0.5) is 0 Å². The maximum atomic E-state index is 9.84. The molecule has 0 bridgehead atoms. The van der Waals surface area contributed by atoms with Gasteiger partial charge in [0.15, 0.2) is 11.5 Å². The maximum absolute atomic E-state index is 9.84. The highest BCUT2D eigenvalue weighted by molar-refractivity contribution is 6.35. The first kappa shape index (κ1) is 20.9. The van der Waals surface area contributed by atoms with Crippen molar-refractivity contribution in [3.05, 3.63) is 80.3 Å². The Kier molecular flexibility index (Phi) is 5.68. The number of fused-ring (bicyclic) bond motifs is 1. The minimum absolute atomic E-state index is 0.00517. The zero-order chi connectivity index (χ0) is 22.1. The van der Waals surface area contributed by atoms with Gasteiger partial charge in [-0.15, -0.1) is 5.10 Å². The fraction of sp³-hybridized carbons (Fsp3) is 0.182. The first-order valence-electron chi connectivity index (χ1n) is 9.31. The molecule has 7 nitrogen and oxygen atoms in total. The van der Waals surface area contributed by atoms with Crippen molar-refractivity contribution in [2.45, 2.75) is 19.4 Å². The van der Waals surface area contributed by atoms with Crippen LogP contribution in [-0.2, 0) is 6.61 Å². The summed E-state index contributed by atoms with van der Waals surface area (Å²) in [6.45, 7) is 1.95. The van der Waals surface area contributed by atoms with E-state index in [1.807, 2.05) is 19.1 Å². The van der Waals surface area contributed by atoms with Crippen molar-refractivity contribution < 1.29 is 14.2 Å². The third-order valence-corrected chi connectivity index (χ3v) is 5.80. The Labute approximate surface area is 188 Å². The van der Waals surface area contributed by atoms with Gasteiger partial charge in [-0.25, -0.2) is 0 Å². The van der Waals surface area contributed by atoms with Crippen LogP contribution in [0.3, 0.4) is 0 Å². The Morgan fingerprint density at radius 1 is 1.23 bits per heavy atom. The van der Waals surface area contributed by atoms with Gasteiger partial charge in [0.25, 0.3) is 0 Å². The van der Waals surface area contributed by atoms with E-state index in [-0.39, 0.29) is 18.1 Å². The number of nitrogens with zero attached hydrogens (tertiary/aromatic N) is 2. The van der Waals surface area contributed by atoms with E-state index >= 15 is 0 Å². The first-order chi connectivity index (χ1) is 15.0. The second-order valence-electron chi connectivity index (χ2n) is 6.86. The minimum atomic E-state index is -0.556. The molecule has 0 spiro atoms. The maximum Gasteiger partial charge on any atom is 0.244 e. The Bertz CT molecular complexity index is 1210. The molecule has 0 saturated heterocycles. The van der Waals surface area contributed by atoms with Gasteiger partial charge in [-0.05, 0) is 25.1 Å². The van der Waals surface area contributed by atoms with Crippen LogP contribution in [-0.4, -0.2) is 17.3 Å². The number of ether oxygens (including phenoxy) is 3. The molecular formula is C22H18Cl2N4O3. The minimum Gasteiger partial charge on any atom is -0.493 e. The molecule has 158 valence electrons. The third kappa shape index (κ3) is 3.65. The largest absolute Gasteiger partial charge is 0.493 e. The number of aromatic amines is 1. The second kappa shape index (κ2) is 8.42. The molecule has 0 saturated carbocycles. The normalized spacial score (nSPS) is 15.1. The van der Waals surface area contributed by atoms with Crippen molar-refractivity contribution in [2.75, 3.05) is 7.11 Å².